The molecule has 1 N–H and O–H groups in total. The first-order valence-electron chi connectivity index (χ1n) is 8.00. The number of rotatable bonds is 8. The van der Waals surface area contributed by atoms with Crippen molar-refractivity contribution in [2.75, 3.05) is 26.1 Å². The largest absolute Gasteiger partial charge is 0.497 e. The molecule has 0 aromatic heterocycles. The number of hydrogen-bond donors (Lipinski definition) is 1. The van der Waals surface area contributed by atoms with E-state index < -0.39 is 0 Å². The Balaban J connectivity index is 1.99. The van der Waals surface area contributed by atoms with Gasteiger partial charge >= 0.3 is 0 Å². The van der Waals surface area contributed by atoms with Crippen molar-refractivity contribution in [1.82, 2.24) is 0 Å². The second-order valence-corrected chi connectivity index (χ2v) is 6.27. The van der Waals surface area contributed by atoms with E-state index in [1.807, 2.05) is 18.2 Å². The summed E-state index contributed by atoms with van der Waals surface area (Å²) in [6.45, 7) is 2.03. The average molecular weight is 408 g/mol. The minimum atomic E-state index is -0.281. The van der Waals surface area contributed by atoms with Crippen LogP contribution in [0.25, 0.3) is 0 Å². The minimum Gasteiger partial charge on any atom is -0.497 e. The Bertz CT molecular complexity index is 733. The van der Waals surface area contributed by atoms with Gasteiger partial charge in [0.2, 0.25) is 0 Å². The van der Waals surface area contributed by atoms with Gasteiger partial charge in [0.15, 0.2) is 6.61 Å². The molecule has 6 heteroatoms. The number of amides is 1. The Kier molecular flexibility index (Phi) is 7.13. The SMILES string of the molecule is CCCc1ccc(OCC(=O)Nc2cc(OC)ccc2OC)c(Br)c1. The number of hydrogen-bond acceptors (Lipinski definition) is 4. The molecule has 0 saturated heterocycles. The van der Waals surface area contributed by atoms with Crippen molar-refractivity contribution in [3.05, 3.63) is 46.4 Å². The van der Waals surface area contributed by atoms with E-state index in [1.54, 1.807) is 32.4 Å². The van der Waals surface area contributed by atoms with Crippen LogP contribution in [-0.4, -0.2) is 26.7 Å². The number of aryl methyl sites for hydroxylation is 1. The first kappa shape index (κ1) is 19.1. The molecule has 0 aliphatic heterocycles. The molecule has 2 rings (SSSR count). The summed E-state index contributed by atoms with van der Waals surface area (Å²) in [7, 11) is 3.11. The number of carbonyl (C=O) groups excluding carboxylic acids is 1. The highest BCUT2D eigenvalue weighted by Gasteiger charge is 2.11. The molecule has 0 bridgehead atoms. The van der Waals surface area contributed by atoms with Crippen LogP contribution in [-0.2, 0) is 11.2 Å². The molecule has 25 heavy (non-hydrogen) atoms. The number of carbonyl (C=O) groups is 1. The molecule has 0 aliphatic carbocycles. The maximum absolute atomic E-state index is 12.2. The fourth-order valence-corrected chi connectivity index (χ4v) is 2.89. The van der Waals surface area contributed by atoms with Crippen molar-refractivity contribution >= 4 is 27.5 Å². The van der Waals surface area contributed by atoms with Gasteiger partial charge in [0.1, 0.15) is 17.2 Å². The molecule has 0 spiro atoms. The highest BCUT2D eigenvalue weighted by Crippen LogP contribution is 2.29. The Labute approximate surface area is 156 Å². The van der Waals surface area contributed by atoms with Crippen LogP contribution in [0.2, 0.25) is 0 Å². The van der Waals surface area contributed by atoms with Gasteiger partial charge in [-0.15, -0.1) is 0 Å². The van der Waals surface area contributed by atoms with E-state index in [0.29, 0.717) is 22.9 Å². The number of halogens is 1. The van der Waals surface area contributed by atoms with Gasteiger partial charge < -0.3 is 19.5 Å². The van der Waals surface area contributed by atoms with Crippen molar-refractivity contribution in [1.29, 1.82) is 0 Å². The molecule has 0 fully saturated rings. The van der Waals surface area contributed by atoms with Crippen molar-refractivity contribution in [3.63, 3.8) is 0 Å². The standard InChI is InChI=1S/C19H22BrNO4/c1-4-5-13-6-8-17(15(20)10-13)25-12-19(22)21-16-11-14(23-2)7-9-18(16)24-3/h6-11H,4-5,12H2,1-3H3,(H,21,22). The predicted octanol–water partition coefficient (Wildman–Crippen LogP) is 4.44. The van der Waals surface area contributed by atoms with E-state index in [0.717, 1.165) is 17.3 Å². The number of methoxy groups -OCH3 is 2. The Morgan fingerprint density at radius 2 is 1.84 bits per heavy atom. The normalized spacial score (nSPS) is 10.2. The summed E-state index contributed by atoms with van der Waals surface area (Å²) in [5, 5.41) is 2.77. The number of benzene rings is 2. The summed E-state index contributed by atoms with van der Waals surface area (Å²) >= 11 is 3.48. The maximum Gasteiger partial charge on any atom is 0.262 e. The molecule has 0 radical (unpaired) electrons. The van der Waals surface area contributed by atoms with Crippen LogP contribution in [0.5, 0.6) is 17.2 Å². The van der Waals surface area contributed by atoms with Gasteiger partial charge in [-0.1, -0.05) is 19.4 Å². The molecule has 0 unspecified atom stereocenters. The van der Waals surface area contributed by atoms with Crippen molar-refractivity contribution < 1.29 is 19.0 Å². The van der Waals surface area contributed by atoms with Crippen LogP contribution in [0.15, 0.2) is 40.9 Å². The fourth-order valence-electron chi connectivity index (χ4n) is 2.35. The van der Waals surface area contributed by atoms with E-state index in [2.05, 4.69) is 28.2 Å². The second-order valence-electron chi connectivity index (χ2n) is 5.42. The first-order chi connectivity index (χ1) is 12.1. The monoisotopic (exact) mass is 407 g/mol. The Morgan fingerprint density at radius 3 is 2.48 bits per heavy atom. The molecule has 0 atom stereocenters. The van der Waals surface area contributed by atoms with Crippen molar-refractivity contribution in [2.45, 2.75) is 19.8 Å². The number of ether oxygens (including phenoxy) is 3. The van der Waals surface area contributed by atoms with Crippen LogP contribution >= 0.6 is 15.9 Å². The summed E-state index contributed by atoms with van der Waals surface area (Å²) in [5.41, 5.74) is 1.76. The van der Waals surface area contributed by atoms with Gasteiger partial charge in [-0.3, -0.25) is 4.79 Å². The quantitative estimate of drug-likeness (QED) is 0.702. The lowest BCUT2D eigenvalue weighted by Gasteiger charge is -2.13. The summed E-state index contributed by atoms with van der Waals surface area (Å²) in [6.07, 6.45) is 2.09. The topological polar surface area (TPSA) is 56.8 Å². The van der Waals surface area contributed by atoms with Gasteiger partial charge in [0, 0.05) is 6.07 Å². The molecule has 2 aromatic carbocycles. The summed E-state index contributed by atoms with van der Waals surface area (Å²) in [6, 6.07) is 11.1. The lowest BCUT2D eigenvalue weighted by molar-refractivity contribution is -0.118. The highest BCUT2D eigenvalue weighted by atomic mass is 79.9. The van der Waals surface area contributed by atoms with Crippen LogP contribution in [0.4, 0.5) is 5.69 Å². The zero-order valence-corrected chi connectivity index (χ0v) is 16.2. The van der Waals surface area contributed by atoms with Crippen LogP contribution in [0.3, 0.4) is 0 Å². The minimum absolute atomic E-state index is 0.105. The lowest BCUT2D eigenvalue weighted by Crippen LogP contribution is -2.20. The fraction of sp³-hybridized carbons (Fsp3) is 0.316. The molecule has 5 nitrogen and oxygen atoms in total. The van der Waals surface area contributed by atoms with E-state index in [9.17, 15) is 4.79 Å². The van der Waals surface area contributed by atoms with E-state index in [1.165, 1.54) is 5.56 Å². The second kappa shape index (κ2) is 9.32. The Morgan fingerprint density at radius 1 is 1.08 bits per heavy atom. The third kappa shape index (κ3) is 5.39. The van der Waals surface area contributed by atoms with Crippen LogP contribution < -0.4 is 19.5 Å². The maximum atomic E-state index is 12.2. The highest BCUT2D eigenvalue weighted by molar-refractivity contribution is 9.10. The number of anilines is 1. The van der Waals surface area contributed by atoms with E-state index >= 15 is 0 Å². The van der Waals surface area contributed by atoms with Crippen LogP contribution in [0, 0.1) is 0 Å². The van der Waals surface area contributed by atoms with E-state index in [-0.39, 0.29) is 12.5 Å². The molecule has 0 saturated carbocycles. The lowest BCUT2D eigenvalue weighted by atomic mass is 10.1. The predicted molar refractivity (Wildman–Crippen MR) is 102 cm³/mol. The van der Waals surface area contributed by atoms with Gasteiger partial charge in [-0.25, -0.2) is 0 Å². The summed E-state index contributed by atoms with van der Waals surface area (Å²) in [4.78, 5) is 12.2. The molecular formula is C19H22BrNO4. The zero-order valence-electron chi connectivity index (χ0n) is 14.6. The molecule has 2 aromatic rings. The summed E-state index contributed by atoms with van der Waals surface area (Å²) < 4.78 is 16.9. The van der Waals surface area contributed by atoms with Gasteiger partial charge in [-0.2, -0.15) is 0 Å². The molecule has 1 amide bonds. The van der Waals surface area contributed by atoms with Gasteiger partial charge in [0.05, 0.1) is 24.4 Å². The molecular weight excluding hydrogens is 386 g/mol. The van der Waals surface area contributed by atoms with Gasteiger partial charge in [0.25, 0.3) is 5.91 Å². The third-order valence-electron chi connectivity index (χ3n) is 3.57. The molecule has 0 aliphatic rings. The van der Waals surface area contributed by atoms with Gasteiger partial charge in [-0.05, 0) is 52.2 Å². The number of nitrogens with one attached hydrogen (secondary N) is 1. The third-order valence-corrected chi connectivity index (χ3v) is 4.19. The summed E-state index contributed by atoms with van der Waals surface area (Å²) in [5.74, 6) is 1.54. The van der Waals surface area contributed by atoms with E-state index in [4.69, 9.17) is 14.2 Å². The molecule has 134 valence electrons. The Hall–Kier alpha value is -2.21. The van der Waals surface area contributed by atoms with Crippen LogP contribution in [0.1, 0.15) is 18.9 Å². The smallest absolute Gasteiger partial charge is 0.262 e. The first-order valence-corrected chi connectivity index (χ1v) is 8.79. The zero-order chi connectivity index (χ0) is 18.2. The average Bonchev–Trinajstić information content (AvgIpc) is 2.61. The van der Waals surface area contributed by atoms with Crippen molar-refractivity contribution in [2.24, 2.45) is 0 Å². The molecule has 0 heterocycles. The van der Waals surface area contributed by atoms with Crippen molar-refractivity contribution in [3.8, 4) is 17.2 Å².